The number of amides is 1. The first-order valence-corrected chi connectivity index (χ1v) is 8.05. The van der Waals surface area contributed by atoms with Crippen LogP contribution in [-0.2, 0) is 4.79 Å². The molecule has 126 valence electrons. The number of anilines is 1. The van der Waals surface area contributed by atoms with Gasteiger partial charge in [-0.05, 0) is 53.1 Å². The molecule has 1 heterocycles. The third-order valence-electron chi connectivity index (χ3n) is 3.79. The van der Waals surface area contributed by atoms with Gasteiger partial charge in [0.05, 0.1) is 11.1 Å². The van der Waals surface area contributed by atoms with Crippen LogP contribution in [0.2, 0.25) is 0 Å². The fourth-order valence-corrected chi connectivity index (χ4v) is 2.60. The van der Waals surface area contributed by atoms with Crippen molar-refractivity contribution in [3.05, 3.63) is 23.8 Å². The standard InChI is InChI=1S/C17H23ClN2O3/c1-11(18)15(21)12-6-7-14-13(10-12)20(9-8-19(4)5)16(22)17(2,3)23-14/h6-7,10-11H,8-9H2,1-5H3. The van der Waals surface area contributed by atoms with Gasteiger partial charge in [0.15, 0.2) is 11.4 Å². The summed E-state index contributed by atoms with van der Waals surface area (Å²) < 4.78 is 5.81. The fraction of sp³-hybridized carbons (Fsp3) is 0.529. The van der Waals surface area contributed by atoms with Crippen LogP contribution in [0.3, 0.4) is 0 Å². The van der Waals surface area contributed by atoms with Crippen molar-refractivity contribution in [1.82, 2.24) is 4.90 Å². The Balaban J connectivity index is 2.44. The predicted octanol–water partition coefficient (Wildman–Crippen LogP) is 2.56. The van der Waals surface area contributed by atoms with Gasteiger partial charge in [-0.2, -0.15) is 0 Å². The number of rotatable bonds is 5. The van der Waals surface area contributed by atoms with Gasteiger partial charge in [0.1, 0.15) is 5.75 Å². The van der Waals surface area contributed by atoms with Crippen LogP contribution in [0, 0.1) is 0 Å². The van der Waals surface area contributed by atoms with Crippen LogP contribution in [0.1, 0.15) is 31.1 Å². The molecule has 1 atom stereocenters. The van der Waals surface area contributed by atoms with Crippen LogP contribution in [0.15, 0.2) is 18.2 Å². The van der Waals surface area contributed by atoms with Crippen molar-refractivity contribution in [2.24, 2.45) is 0 Å². The third-order valence-corrected chi connectivity index (χ3v) is 3.99. The van der Waals surface area contributed by atoms with E-state index in [2.05, 4.69) is 0 Å². The molecular weight excluding hydrogens is 316 g/mol. The van der Waals surface area contributed by atoms with Gasteiger partial charge in [0.25, 0.3) is 5.91 Å². The number of likely N-dealkylation sites (N-methyl/N-ethyl adjacent to an activating group) is 1. The Morgan fingerprint density at radius 3 is 2.61 bits per heavy atom. The molecule has 1 aromatic rings. The Labute approximate surface area is 142 Å². The topological polar surface area (TPSA) is 49.9 Å². The summed E-state index contributed by atoms with van der Waals surface area (Å²) >= 11 is 5.89. The second kappa shape index (κ2) is 6.49. The van der Waals surface area contributed by atoms with Crippen LogP contribution >= 0.6 is 11.6 Å². The van der Waals surface area contributed by atoms with Crippen molar-refractivity contribution in [2.45, 2.75) is 31.7 Å². The number of Topliss-reactive ketones (excluding diaryl/α,β-unsaturated/α-hetero) is 1. The second-order valence-corrected chi connectivity index (χ2v) is 7.19. The van der Waals surface area contributed by atoms with Gasteiger partial charge in [-0.15, -0.1) is 11.6 Å². The molecule has 1 aromatic carbocycles. The van der Waals surface area contributed by atoms with Gasteiger partial charge >= 0.3 is 0 Å². The summed E-state index contributed by atoms with van der Waals surface area (Å²) in [6, 6.07) is 5.12. The summed E-state index contributed by atoms with van der Waals surface area (Å²) in [5.41, 5.74) is 0.182. The number of hydrogen-bond acceptors (Lipinski definition) is 4. The second-order valence-electron chi connectivity index (χ2n) is 6.54. The van der Waals surface area contributed by atoms with Gasteiger partial charge in [0, 0.05) is 18.7 Å². The summed E-state index contributed by atoms with van der Waals surface area (Å²) in [6.45, 7) is 6.38. The van der Waals surface area contributed by atoms with Gasteiger partial charge in [-0.1, -0.05) is 0 Å². The van der Waals surface area contributed by atoms with E-state index in [0.29, 0.717) is 30.1 Å². The number of nitrogens with zero attached hydrogens (tertiary/aromatic N) is 2. The Morgan fingerprint density at radius 1 is 1.39 bits per heavy atom. The monoisotopic (exact) mass is 338 g/mol. The Morgan fingerprint density at radius 2 is 2.04 bits per heavy atom. The highest BCUT2D eigenvalue weighted by molar-refractivity contribution is 6.33. The number of ketones is 1. The zero-order chi connectivity index (χ0) is 17.4. The van der Waals surface area contributed by atoms with Crippen molar-refractivity contribution in [3.8, 4) is 5.75 Å². The van der Waals surface area contributed by atoms with Crippen molar-refractivity contribution in [2.75, 3.05) is 32.1 Å². The number of carbonyl (C=O) groups is 2. The number of carbonyl (C=O) groups excluding carboxylic acids is 2. The molecular formula is C17H23ClN2O3. The molecule has 0 radical (unpaired) electrons. The van der Waals surface area contributed by atoms with Gasteiger partial charge in [0.2, 0.25) is 0 Å². The van der Waals surface area contributed by atoms with E-state index >= 15 is 0 Å². The molecule has 0 saturated heterocycles. The average Bonchev–Trinajstić information content (AvgIpc) is 2.46. The minimum atomic E-state index is -0.926. The van der Waals surface area contributed by atoms with Gasteiger partial charge in [-0.3, -0.25) is 9.59 Å². The van der Waals surface area contributed by atoms with E-state index in [1.54, 1.807) is 43.9 Å². The highest BCUT2D eigenvalue weighted by Gasteiger charge is 2.41. The van der Waals surface area contributed by atoms with Crippen LogP contribution in [0.4, 0.5) is 5.69 Å². The molecule has 0 N–H and O–H groups in total. The summed E-state index contributed by atoms with van der Waals surface area (Å²) in [6.07, 6.45) is 0. The maximum absolute atomic E-state index is 12.7. The molecule has 1 aliphatic heterocycles. The lowest BCUT2D eigenvalue weighted by atomic mass is 10.0. The van der Waals surface area contributed by atoms with E-state index in [-0.39, 0.29) is 11.7 Å². The number of halogens is 1. The van der Waals surface area contributed by atoms with E-state index < -0.39 is 11.0 Å². The normalized spacial score (nSPS) is 17.7. The van der Waals surface area contributed by atoms with E-state index in [4.69, 9.17) is 16.3 Å². The fourth-order valence-electron chi connectivity index (χ4n) is 2.47. The van der Waals surface area contributed by atoms with Crippen LogP contribution < -0.4 is 9.64 Å². The van der Waals surface area contributed by atoms with E-state index in [1.807, 2.05) is 19.0 Å². The Hall–Kier alpha value is -1.59. The molecule has 0 bridgehead atoms. The molecule has 2 rings (SSSR count). The largest absolute Gasteiger partial charge is 0.476 e. The van der Waals surface area contributed by atoms with Crippen molar-refractivity contribution in [1.29, 1.82) is 0 Å². The molecule has 5 nitrogen and oxygen atoms in total. The summed E-state index contributed by atoms with van der Waals surface area (Å²) in [4.78, 5) is 28.5. The smallest absolute Gasteiger partial charge is 0.270 e. The minimum absolute atomic E-state index is 0.115. The Kier molecular flexibility index (Phi) is 5.01. The number of benzene rings is 1. The molecule has 1 unspecified atom stereocenters. The lowest BCUT2D eigenvalue weighted by Crippen LogP contribution is -2.53. The van der Waals surface area contributed by atoms with E-state index in [9.17, 15) is 9.59 Å². The number of ether oxygens (including phenoxy) is 1. The first kappa shape index (κ1) is 17.8. The lowest BCUT2D eigenvalue weighted by molar-refractivity contribution is -0.132. The van der Waals surface area contributed by atoms with Gasteiger partial charge in [-0.25, -0.2) is 0 Å². The third kappa shape index (κ3) is 3.67. The van der Waals surface area contributed by atoms with Crippen molar-refractivity contribution in [3.63, 3.8) is 0 Å². The first-order valence-electron chi connectivity index (χ1n) is 7.61. The molecule has 0 spiro atoms. The minimum Gasteiger partial charge on any atom is -0.476 e. The molecule has 0 saturated carbocycles. The van der Waals surface area contributed by atoms with E-state index in [0.717, 1.165) is 0 Å². The van der Waals surface area contributed by atoms with E-state index in [1.165, 1.54) is 0 Å². The van der Waals surface area contributed by atoms with Crippen molar-refractivity contribution >= 4 is 29.0 Å². The number of hydrogen-bond donors (Lipinski definition) is 0. The molecule has 1 aliphatic rings. The molecule has 23 heavy (non-hydrogen) atoms. The number of alkyl halides is 1. The molecule has 6 heteroatoms. The summed E-state index contributed by atoms with van der Waals surface area (Å²) in [7, 11) is 3.90. The number of fused-ring (bicyclic) bond motifs is 1. The molecule has 1 amide bonds. The Bertz CT molecular complexity index is 626. The highest BCUT2D eigenvalue weighted by Crippen LogP contribution is 2.38. The van der Waals surface area contributed by atoms with Crippen molar-refractivity contribution < 1.29 is 14.3 Å². The maximum atomic E-state index is 12.7. The van der Waals surface area contributed by atoms with Crippen LogP contribution in [0.25, 0.3) is 0 Å². The zero-order valence-corrected chi connectivity index (χ0v) is 15.0. The first-order chi connectivity index (χ1) is 10.6. The van der Waals surface area contributed by atoms with Gasteiger partial charge < -0.3 is 14.5 Å². The quantitative estimate of drug-likeness (QED) is 0.611. The van der Waals surface area contributed by atoms with Crippen LogP contribution in [-0.4, -0.2) is 54.8 Å². The SMILES string of the molecule is CC(Cl)C(=O)c1ccc2c(c1)N(CCN(C)C)C(=O)C(C)(C)O2. The predicted molar refractivity (Wildman–Crippen MR) is 91.7 cm³/mol. The van der Waals surface area contributed by atoms with Crippen LogP contribution in [0.5, 0.6) is 5.75 Å². The highest BCUT2D eigenvalue weighted by atomic mass is 35.5. The molecule has 0 fully saturated rings. The maximum Gasteiger partial charge on any atom is 0.270 e. The summed E-state index contributed by atoms with van der Waals surface area (Å²) in [5.74, 6) is 0.321. The zero-order valence-electron chi connectivity index (χ0n) is 14.2. The molecule has 0 aromatic heterocycles. The lowest BCUT2D eigenvalue weighted by Gasteiger charge is -2.39. The average molecular weight is 339 g/mol. The summed E-state index contributed by atoms with van der Waals surface area (Å²) in [5, 5.41) is -0.611. The molecule has 0 aliphatic carbocycles.